The van der Waals surface area contributed by atoms with E-state index in [0.29, 0.717) is 12.3 Å². The number of likely N-dealkylation sites (N-methyl/N-ethyl adjacent to an activating group) is 1. The van der Waals surface area contributed by atoms with E-state index in [2.05, 4.69) is 24.2 Å². The fourth-order valence-electron chi connectivity index (χ4n) is 5.22. The maximum atomic E-state index is 12.4. The second-order valence-corrected chi connectivity index (χ2v) is 10.8. The molecular formula is C28H53N3O2. The van der Waals surface area contributed by atoms with E-state index >= 15 is 0 Å². The number of carbonyl (C=O) groups excluding carboxylic acids is 2. The quantitative estimate of drug-likeness (QED) is 0.262. The highest BCUT2D eigenvalue weighted by Crippen LogP contribution is 2.36. The number of piperazine rings is 1. The Hall–Kier alpha value is -1.10. The zero-order chi connectivity index (χ0) is 23.7. The Labute approximate surface area is 204 Å². The maximum absolute atomic E-state index is 12.4. The Morgan fingerprint density at radius 2 is 1.21 bits per heavy atom. The third-order valence-electron chi connectivity index (χ3n) is 7.76. The van der Waals surface area contributed by atoms with Crippen LogP contribution in [0.15, 0.2) is 0 Å². The van der Waals surface area contributed by atoms with Gasteiger partial charge in [0.05, 0.1) is 0 Å². The lowest BCUT2D eigenvalue weighted by Crippen LogP contribution is -2.48. The number of rotatable bonds is 18. The lowest BCUT2D eigenvalue weighted by atomic mass is 9.72. The van der Waals surface area contributed by atoms with Gasteiger partial charge >= 0.3 is 0 Å². The van der Waals surface area contributed by atoms with E-state index in [9.17, 15) is 9.59 Å². The van der Waals surface area contributed by atoms with Gasteiger partial charge in [0.15, 0.2) is 0 Å². The summed E-state index contributed by atoms with van der Waals surface area (Å²) < 4.78 is 0. The Kier molecular flexibility index (Phi) is 14.8. The molecule has 1 aliphatic heterocycles. The molecule has 1 aliphatic carbocycles. The summed E-state index contributed by atoms with van der Waals surface area (Å²) in [4.78, 5) is 29.0. The summed E-state index contributed by atoms with van der Waals surface area (Å²) in [5.74, 6) is 1.05. The van der Waals surface area contributed by atoms with E-state index in [1.807, 2.05) is 4.90 Å². The van der Waals surface area contributed by atoms with Gasteiger partial charge < -0.3 is 15.1 Å². The molecule has 0 radical (unpaired) electrons. The van der Waals surface area contributed by atoms with Crippen LogP contribution in [0, 0.1) is 11.8 Å². The number of hydrogen-bond donors (Lipinski definition) is 1. The van der Waals surface area contributed by atoms with E-state index in [0.717, 1.165) is 52.0 Å². The van der Waals surface area contributed by atoms with E-state index in [-0.39, 0.29) is 17.7 Å². The first-order valence-corrected chi connectivity index (χ1v) is 14.3. The zero-order valence-corrected chi connectivity index (χ0v) is 21.9. The minimum absolute atomic E-state index is 0.141. The second-order valence-electron chi connectivity index (χ2n) is 10.8. The highest BCUT2D eigenvalue weighted by molar-refractivity contribution is 5.80. The van der Waals surface area contributed by atoms with Gasteiger partial charge in [-0.2, -0.15) is 0 Å². The third kappa shape index (κ3) is 12.2. The summed E-state index contributed by atoms with van der Waals surface area (Å²) in [7, 11) is 2.11. The van der Waals surface area contributed by atoms with Gasteiger partial charge in [0.2, 0.25) is 11.8 Å². The van der Waals surface area contributed by atoms with Crippen molar-refractivity contribution in [2.45, 2.75) is 116 Å². The monoisotopic (exact) mass is 463 g/mol. The fourth-order valence-corrected chi connectivity index (χ4v) is 5.22. The van der Waals surface area contributed by atoms with Crippen LogP contribution in [0.4, 0.5) is 0 Å². The van der Waals surface area contributed by atoms with Crippen molar-refractivity contribution in [2.24, 2.45) is 11.8 Å². The standard InChI is InChI=1S/C28H53N3O2/c1-3-4-5-6-7-8-9-10-11-12-13-14-15-16-17-29-28(33)26-22-25(23-26)24-27(32)31-20-18-30(2)19-21-31/h25-26H,3-24H2,1-2H3,(H,29,33). The van der Waals surface area contributed by atoms with Gasteiger partial charge in [0, 0.05) is 45.1 Å². The molecule has 0 aromatic rings. The molecule has 0 bridgehead atoms. The van der Waals surface area contributed by atoms with Crippen LogP contribution in [0.5, 0.6) is 0 Å². The molecule has 0 atom stereocenters. The summed E-state index contributed by atoms with van der Waals surface area (Å²) >= 11 is 0. The van der Waals surface area contributed by atoms with Gasteiger partial charge in [-0.05, 0) is 32.2 Å². The largest absolute Gasteiger partial charge is 0.356 e. The number of amides is 2. The summed E-state index contributed by atoms with van der Waals surface area (Å²) in [5.41, 5.74) is 0. The van der Waals surface area contributed by atoms with Crippen molar-refractivity contribution in [1.82, 2.24) is 15.1 Å². The molecule has 2 rings (SSSR count). The summed E-state index contributed by atoms with van der Waals surface area (Å²) in [6.07, 6.45) is 21.5. The highest BCUT2D eigenvalue weighted by atomic mass is 16.2. The van der Waals surface area contributed by atoms with Gasteiger partial charge in [0.1, 0.15) is 0 Å². The molecular weight excluding hydrogens is 410 g/mol. The van der Waals surface area contributed by atoms with Crippen LogP contribution in [0.2, 0.25) is 0 Å². The van der Waals surface area contributed by atoms with Crippen LogP contribution < -0.4 is 5.32 Å². The first-order valence-electron chi connectivity index (χ1n) is 14.3. The van der Waals surface area contributed by atoms with Crippen molar-refractivity contribution in [1.29, 1.82) is 0 Å². The highest BCUT2D eigenvalue weighted by Gasteiger charge is 2.36. The molecule has 1 N–H and O–H groups in total. The molecule has 0 aromatic heterocycles. The Bertz CT molecular complexity index is 525. The zero-order valence-electron chi connectivity index (χ0n) is 21.9. The average Bonchev–Trinajstić information content (AvgIpc) is 2.78. The van der Waals surface area contributed by atoms with Crippen LogP contribution >= 0.6 is 0 Å². The fraction of sp³-hybridized carbons (Fsp3) is 0.929. The van der Waals surface area contributed by atoms with Crippen LogP contribution in [0.1, 0.15) is 116 Å². The van der Waals surface area contributed by atoms with E-state index in [1.165, 1.54) is 83.5 Å². The minimum Gasteiger partial charge on any atom is -0.356 e. The van der Waals surface area contributed by atoms with Crippen LogP contribution in [0.25, 0.3) is 0 Å². The molecule has 1 heterocycles. The Balaban J connectivity index is 1.33. The van der Waals surface area contributed by atoms with Crippen molar-refractivity contribution in [3.05, 3.63) is 0 Å². The van der Waals surface area contributed by atoms with Crippen molar-refractivity contribution in [3.63, 3.8) is 0 Å². The second kappa shape index (κ2) is 17.4. The molecule has 5 nitrogen and oxygen atoms in total. The molecule has 5 heteroatoms. The maximum Gasteiger partial charge on any atom is 0.223 e. The molecule has 192 valence electrons. The van der Waals surface area contributed by atoms with Crippen LogP contribution in [-0.2, 0) is 9.59 Å². The van der Waals surface area contributed by atoms with Crippen LogP contribution in [-0.4, -0.2) is 61.4 Å². The lowest BCUT2D eigenvalue weighted by molar-refractivity contribution is -0.137. The third-order valence-corrected chi connectivity index (χ3v) is 7.76. The summed E-state index contributed by atoms with van der Waals surface area (Å²) in [6.45, 7) is 6.75. The number of carbonyl (C=O) groups is 2. The predicted molar refractivity (Wildman–Crippen MR) is 138 cm³/mol. The molecule has 1 saturated carbocycles. The summed E-state index contributed by atoms with van der Waals surface area (Å²) in [5, 5.41) is 3.13. The molecule has 0 aromatic carbocycles. The molecule has 33 heavy (non-hydrogen) atoms. The van der Waals surface area contributed by atoms with Crippen molar-refractivity contribution >= 4 is 11.8 Å². The van der Waals surface area contributed by atoms with Crippen molar-refractivity contribution < 1.29 is 9.59 Å². The molecule has 0 unspecified atom stereocenters. The topological polar surface area (TPSA) is 52.7 Å². The number of nitrogens with zero attached hydrogens (tertiary/aromatic N) is 2. The van der Waals surface area contributed by atoms with Gasteiger partial charge in [-0.3, -0.25) is 9.59 Å². The number of nitrogens with one attached hydrogen (secondary N) is 1. The van der Waals surface area contributed by atoms with Gasteiger partial charge in [-0.25, -0.2) is 0 Å². The Morgan fingerprint density at radius 3 is 1.73 bits per heavy atom. The normalized spacial score (nSPS) is 21.1. The number of unbranched alkanes of at least 4 members (excludes halogenated alkanes) is 13. The van der Waals surface area contributed by atoms with Crippen molar-refractivity contribution in [3.8, 4) is 0 Å². The lowest BCUT2D eigenvalue weighted by Gasteiger charge is -2.37. The smallest absolute Gasteiger partial charge is 0.223 e. The van der Waals surface area contributed by atoms with E-state index in [1.54, 1.807) is 0 Å². The first kappa shape index (κ1) is 28.1. The Morgan fingerprint density at radius 1 is 0.727 bits per heavy atom. The molecule has 0 spiro atoms. The van der Waals surface area contributed by atoms with Crippen molar-refractivity contribution in [2.75, 3.05) is 39.8 Å². The predicted octanol–water partition coefficient (Wildman–Crippen LogP) is 5.77. The van der Waals surface area contributed by atoms with Gasteiger partial charge in [-0.1, -0.05) is 90.4 Å². The van der Waals surface area contributed by atoms with Gasteiger partial charge in [0.25, 0.3) is 0 Å². The molecule has 2 aliphatic rings. The van der Waals surface area contributed by atoms with E-state index in [4.69, 9.17) is 0 Å². The van der Waals surface area contributed by atoms with Gasteiger partial charge in [-0.15, -0.1) is 0 Å². The summed E-state index contributed by atoms with van der Waals surface area (Å²) in [6, 6.07) is 0. The molecule has 2 amide bonds. The van der Waals surface area contributed by atoms with E-state index < -0.39 is 0 Å². The average molecular weight is 464 g/mol. The first-order chi connectivity index (χ1) is 16.1. The minimum atomic E-state index is 0.141. The number of hydrogen-bond acceptors (Lipinski definition) is 3. The molecule has 2 fully saturated rings. The molecule has 1 saturated heterocycles. The SMILES string of the molecule is CCCCCCCCCCCCCCCCNC(=O)C1CC(CC(=O)N2CCN(C)CC2)C1. The van der Waals surface area contributed by atoms with Crippen LogP contribution in [0.3, 0.4) is 0 Å².